The number of rotatable bonds is 2. The van der Waals surface area contributed by atoms with E-state index in [1.54, 1.807) is 0 Å². The van der Waals surface area contributed by atoms with Crippen molar-refractivity contribution in [2.75, 3.05) is 19.6 Å². The SMILES string of the molecule is CC(C)(C)C1(CC#N)CCN(CC(F)(F)F)CC1. The van der Waals surface area contributed by atoms with Gasteiger partial charge in [-0.1, -0.05) is 20.8 Å². The zero-order valence-electron chi connectivity index (χ0n) is 11.3. The van der Waals surface area contributed by atoms with Gasteiger partial charge in [0.25, 0.3) is 0 Å². The Bertz CT molecular complexity index is 315. The van der Waals surface area contributed by atoms with E-state index in [2.05, 4.69) is 26.8 Å². The van der Waals surface area contributed by atoms with E-state index in [0.29, 0.717) is 32.4 Å². The molecule has 1 aliphatic rings. The summed E-state index contributed by atoms with van der Waals surface area (Å²) in [6.45, 7) is 6.24. The summed E-state index contributed by atoms with van der Waals surface area (Å²) in [6.07, 6.45) is -2.37. The quantitative estimate of drug-likeness (QED) is 0.760. The van der Waals surface area contributed by atoms with Crippen LogP contribution in [0.2, 0.25) is 0 Å². The maximum Gasteiger partial charge on any atom is 0.401 e. The molecule has 0 amide bonds. The number of hydrogen-bond donors (Lipinski definition) is 0. The average molecular weight is 262 g/mol. The third-order valence-electron chi connectivity index (χ3n) is 4.22. The Morgan fingerprint density at radius 1 is 1.17 bits per heavy atom. The fraction of sp³-hybridized carbons (Fsp3) is 0.923. The Hall–Kier alpha value is -0.760. The molecule has 0 unspecified atom stereocenters. The average Bonchev–Trinajstić information content (AvgIpc) is 2.17. The number of halogens is 3. The first-order chi connectivity index (χ1) is 8.10. The normalized spacial score (nSPS) is 21.6. The molecule has 0 radical (unpaired) electrons. The van der Waals surface area contributed by atoms with E-state index < -0.39 is 12.7 Å². The molecule has 0 bridgehead atoms. The van der Waals surface area contributed by atoms with Gasteiger partial charge < -0.3 is 0 Å². The molecular formula is C13H21F3N2. The first kappa shape index (κ1) is 15.3. The Labute approximate surface area is 107 Å². The van der Waals surface area contributed by atoms with E-state index in [0.717, 1.165) is 0 Å². The van der Waals surface area contributed by atoms with E-state index >= 15 is 0 Å². The predicted molar refractivity (Wildman–Crippen MR) is 63.8 cm³/mol. The van der Waals surface area contributed by atoms with Gasteiger partial charge in [0.1, 0.15) is 0 Å². The fourth-order valence-corrected chi connectivity index (χ4v) is 2.74. The Morgan fingerprint density at radius 2 is 1.67 bits per heavy atom. The van der Waals surface area contributed by atoms with Gasteiger partial charge in [-0.25, -0.2) is 0 Å². The molecule has 0 N–H and O–H groups in total. The van der Waals surface area contributed by atoms with Crippen LogP contribution in [0, 0.1) is 22.2 Å². The lowest BCUT2D eigenvalue weighted by molar-refractivity contribution is -0.153. The van der Waals surface area contributed by atoms with Crippen molar-refractivity contribution in [2.24, 2.45) is 10.8 Å². The highest BCUT2D eigenvalue weighted by atomic mass is 19.4. The number of alkyl halides is 3. The number of nitriles is 1. The summed E-state index contributed by atoms with van der Waals surface area (Å²) in [4.78, 5) is 1.45. The molecule has 0 aromatic carbocycles. The first-order valence-electron chi connectivity index (χ1n) is 6.26. The van der Waals surface area contributed by atoms with Crippen LogP contribution in [-0.4, -0.2) is 30.7 Å². The maximum atomic E-state index is 12.3. The monoisotopic (exact) mass is 262 g/mol. The molecule has 0 atom stereocenters. The van der Waals surface area contributed by atoms with Gasteiger partial charge in [-0.15, -0.1) is 0 Å². The second kappa shape index (κ2) is 5.08. The van der Waals surface area contributed by atoms with Crippen LogP contribution in [0.3, 0.4) is 0 Å². The van der Waals surface area contributed by atoms with Crippen LogP contribution in [-0.2, 0) is 0 Å². The second-order valence-electron chi connectivity index (χ2n) is 6.26. The highest BCUT2D eigenvalue weighted by Gasteiger charge is 2.45. The minimum absolute atomic E-state index is 0.0486. The van der Waals surface area contributed by atoms with Gasteiger partial charge in [-0.05, 0) is 36.8 Å². The third-order valence-corrected chi connectivity index (χ3v) is 4.22. The highest BCUT2D eigenvalue weighted by Crippen LogP contribution is 2.49. The molecule has 104 valence electrons. The summed E-state index contributed by atoms with van der Waals surface area (Å²) in [5.41, 5.74) is -0.198. The van der Waals surface area contributed by atoms with Crippen molar-refractivity contribution in [3.63, 3.8) is 0 Å². The fourth-order valence-electron chi connectivity index (χ4n) is 2.74. The molecule has 1 heterocycles. The lowest BCUT2D eigenvalue weighted by atomic mass is 9.60. The lowest BCUT2D eigenvalue weighted by Crippen LogP contribution is -2.48. The van der Waals surface area contributed by atoms with E-state index in [4.69, 9.17) is 5.26 Å². The molecule has 5 heteroatoms. The number of nitrogens with zero attached hydrogens (tertiary/aromatic N) is 2. The van der Waals surface area contributed by atoms with E-state index in [-0.39, 0.29) is 10.8 Å². The summed E-state index contributed by atoms with van der Waals surface area (Å²) < 4.78 is 37.0. The van der Waals surface area contributed by atoms with Crippen LogP contribution in [0.5, 0.6) is 0 Å². The molecule has 0 spiro atoms. The molecule has 0 aromatic heterocycles. The summed E-state index contributed by atoms with van der Waals surface area (Å²) >= 11 is 0. The zero-order chi connectivity index (χ0) is 14.0. The molecular weight excluding hydrogens is 241 g/mol. The van der Waals surface area contributed by atoms with Crippen molar-refractivity contribution >= 4 is 0 Å². The van der Waals surface area contributed by atoms with E-state index in [9.17, 15) is 13.2 Å². The van der Waals surface area contributed by atoms with E-state index in [1.165, 1.54) is 4.90 Å². The van der Waals surface area contributed by atoms with Gasteiger partial charge >= 0.3 is 6.18 Å². The van der Waals surface area contributed by atoms with Crippen LogP contribution >= 0.6 is 0 Å². The molecule has 2 nitrogen and oxygen atoms in total. The number of hydrogen-bond acceptors (Lipinski definition) is 2. The topological polar surface area (TPSA) is 27.0 Å². The molecule has 0 aromatic rings. The molecule has 1 rings (SSSR count). The van der Waals surface area contributed by atoms with Crippen molar-refractivity contribution in [3.05, 3.63) is 0 Å². The molecule has 1 aliphatic heterocycles. The van der Waals surface area contributed by atoms with Crippen molar-refractivity contribution in [1.82, 2.24) is 4.90 Å². The van der Waals surface area contributed by atoms with Gasteiger partial charge in [0.05, 0.1) is 12.6 Å². The smallest absolute Gasteiger partial charge is 0.295 e. The van der Waals surface area contributed by atoms with Crippen LogP contribution < -0.4 is 0 Å². The van der Waals surface area contributed by atoms with Crippen LogP contribution in [0.1, 0.15) is 40.0 Å². The van der Waals surface area contributed by atoms with E-state index in [1.807, 2.05) is 0 Å². The zero-order valence-corrected chi connectivity index (χ0v) is 11.3. The largest absolute Gasteiger partial charge is 0.401 e. The van der Waals surface area contributed by atoms with Gasteiger partial charge in [0, 0.05) is 6.42 Å². The van der Waals surface area contributed by atoms with Crippen molar-refractivity contribution < 1.29 is 13.2 Å². The Kier molecular flexibility index (Phi) is 4.32. The molecule has 0 saturated carbocycles. The number of piperidine rings is 1. The maximum absolute atomic E-state index is 12.3. The third kappa shape index (κ3) is 3.61. The van der Waals surface area contributed by atoms with Crippen LogP contribution in [0.25, 0.3) is 0 Å². The van der Waals surface area contributed by atoms with Crippen LogP contribution in [0.4, 0.5) is 13.2 Å². The van der Waals surface area contributed by atoms with Crippen molar-refractivity contribution in [2.45, 2.75) is 46.2 Å². The van der Waals surface area contributed by atoms with Crippen molar-refractivity contribution in [3.8, 4) is 6.07 Å². The first-order valence-corrected chi connectivity index (χ1v) is 6.26. The Morgan fingerprint density at radius 3 is 2.00 bits per heavy atom. The summed E-state index contributed by atoms with van der Waals surface area (Å²) in [7, 11) is 0. The summed E-state index contributed by atoms with van der Waals surface area (Å²) in [5.74, 6) is 0. The Balaban J connectivity index is 2.68. The van der Waals surface area contributed by atoms with Gasteiger partial charge in [-0.3, -0.25) is 4.90 Å². The highest BCUT2D eigenvalue weighted by molar-refractivity contribution is 4.99. The van der Waals surface area contributed by atoms with Gasteiger partial charge in [0.2, 0.25) is 0 Å². The minimum atomic E-state index is -4.13. The standard InChI is InChI=1S/C13H21F3N2/c1-11(2,3)12(4-7-17)5-8-18(9-6-12)10-13(14,15)16/h4-6,8-10H2,1-3H3. The van der Waals surface area contributed by atoms with Crippen molar-refractivity contribution in [1.29, 1.82) is 5.26 Å². The minimum Gasteiger partial charge on any atom is -0.295 e. The van der Waals surface area contributed by atoms with Gasteiger partial charge in [0.15, 0.2) is 0 Å². The van der Waals surface area contributed by atoms with Gasteiger partial charge in [-0.2, -0.15) is 18.4 Å². The second-order valence-corrected chi connectivity index (χ2v) is 6.26. The molecule has 1 saturated heterocycles. The molecule has 0 aliphatic carbocycles. The molecule has 1 fully saturated rings. The molecule has 18 heavy (non-hydrogen) atoms. The summed E-state index contributed by atoms with van der Waals surface area (Å²) in [5, 5.41) is 8.96. The number of likely N-dealkylation sites (tertiary alicyclic amines) is 1. The summed E-state index contributed by atoms with van der Waals surface area (Å²) in [6, 6.07) is 2.21. The predicted octanol–water partition coefficient (Wildman–Crippen LogP) is 3.59. The lowest BCUT2D eigenvalue weighted by Gasteiger charge is -2.49. The van der Waals surface area contributed by atoms with Crippen LogP contribution in [0.15, 0.2) is 0 Å².